The van der Waals surface area contributed by atoms with Gasteiger partial charge in [-0.1, -0.05) is 6.58 Å². The minimum absolute atomic E-state index is 0.0602. The van der Waals surface area contributed by atoms with Crippen LogP contribution in [0.1, 0.15) is 12.8 Å². The number of amides is 3. The van der Waals surface area contributed by atoms with Crippen LogP contribution in [0.3, 0.4) is 0 Å². The standard InChI is InChI=1S/C13H14N2O3/c1-10-4-5-11(16)14(10)8-2-3-9-15-12(17)6-7-13(15)18/h4-7H,1-3,8-9H2. The maximum Gasteiger partial charge on any atom is 0.253 e. The van der Waals surface area contributed by atoms with Crippen LogP contribution in [0.5, 0.6) is 0 Å². The van der Waals surface area contributed by atoms with E-state index in [1.54, 1.807) is 11.0 Å². The molecule has 0 atom stereocenters. The largest absolute Gasteiger partial charge is 0.309 e. The first kappa shape index (κ1) is 12.3. The highest BCUT2D eigenvalue weighted by Crippen LogP contribution is 2.14. The number of imide groups is 1. The van der Waals surface area contributed by atoms with Crippen molar-refractivity contribution in [3.63, 3.8) is 0 Å². The molecule has 3 amide bonds. The molecule has 2 aliphatic heterocycles. The van der Waals surface area contributed by atoms with Crippen molar-refractivity contribution in [3.8, 4) is 0 Å². The molecule has 0 fully saturated rings. The van der Waals surface area contributed by atoms with Gasteiger partial charge in [0.2, 0.25) is 0 Å². The summed E-state index contributed by atoms with van der Waals surface area (Å²) in [7, 11) is 0. The summed E-state index contributed by atoms with van der Waals surface area (Å²) in [6.07, 6.45) is 7.12. The van der Waals surface area contributed by atoms with E-state index in [9.17, 15) is 14.4 Å². The number of unbranched alkanes of at least 4 members (excludes halogenated alkanes) is 1. The molecule has 5 nitrogen and oxygen atoms in total. The second kappa shape index (κ2) is 5.00. The summed E-state index contributed by atoms with van der Waals surface area (Å²) in [5, 5.41) is 0. The molecule has 0 unspecified atom stereocenters. The Morgan fingerprint density at radius 3 is 1.72 bits per heavy atom. The fourth-order valence-corrected chi connectivity index (χ4v) is 1.93. The molecule has 0 saturated heterocycles. The smallest absolute Gasteiger partial charge is 0.253 e. The molecular weight excluding hydrogens is 232 g/mol. The van der Waals surface area contributed by atoms with E-state index < -0.39 is 0 Å². The Balaban J connectivity index is 1.71. The molecule has 5 heteroatoms. The Bertz CT molecular complexity index is 397. The zero-order chi connectivity index (χ0) is 13.1. The maximum atomic E-state index is 11.4. The minimum atomic E-state index is -0.261. The van der Waals surface area contributed by atoms with Crippen molar-refractivity contribution in [1.82, 2.24) is 9.80 Å². The SMILES string of the molecule is C=C1C=CC(=O)N1CCCCN1C(=O)C=CC1=O. The summed E-state index contributed by atoms with van der Waals surface area (Å²) in [4.78, 5) is 36.7. The van der Waals surface area contributed by atoms with Gasteiger partial charge < -0.3 is 4.90 Å². The fourth-order valence-electron chi connectivity index (χ4n) is 1.93. The summed E-state index contributed by atoms with van der Waals surface area (Å²) in [5.74, 6) is -0.582. The van der Waals surface area contributed by atoms with Crippen LogP contribution in [0.2, 0.25) is 0 Å². The Morgan fingerprint density at radius 1 is 0.778 bits per heavy atom. The van der Waals surface area contributed by atoms with Gasteiger partial charge in [-0.25, -0.2) is 0 Å². The summed E-state index contributed by atoms with van der Waals surface area (Å²) in [6, 6.07) is 0. The molecule has 0 aliphatic carbocycles. The molecular formula is C13H14N2O3. The molecule has 0 N–H and O–H groups in total. The molecule has 0 spiro atoms. The summed E-state index contributed by atoms with van der Waals surface area (Å²) in [5.41, 5.74) is 0.690. The van der Waals surface area contributed by atoms with Gasteiger partial charge in [0, 0.05) is 37.0 Å². The zero-order valence-corrected chi connectivity index (χ0v) is 9.96. The number of allylic oxidation sites excluding steroid dienone is 1. The highest BCUT2D eigenvalue weighted by atomic mass is 16.2. The van der Waals surface area contributed by atoms with E-state index in [2.05, 4.69) is 6.58 Å². The quantitative estimate of drug-likeness (QED) is 0.527. The number of carbonyl (C=O) groups excluding carboxylic acids is 3. The lowest BCUT2D eigenvalue weighted by molar-refractivity contribution is -0.137. The Hall–Kier alpha value is -2.17. The van der Waals surface area contributed by atoms with Crippen LogP contribution in [-0.2, 0) is 14.4 Å². The number of carbonyl (C=O) groups is 3. The van der Waals surface area contributed by atoms with Gasteiger partial charge in [-0.2, -0.15) is 0 Å². The van der Waals surface area contributed by atoms with E-state index in [4.69, 9.17) is 0 Å². The van der Waals surface area contributed by atoms with E-state index in [0.29, 0.717) is 25.2 Å². The van der Waals surface area contributed by atoms with Gasteiger partial charge in [0.25, 0.3) is 17.7 Å². The lowest BCUT2D eigenvalue weighted by atomic mass is 10.2. The monoisotopic (exact) mass is 246 g/mol. The molecule has 2 heterocycles. The van der Waals surface area contributed by atoms with E-state index in [-0.39, 0.29) is 17.7 Å². The third-order valence-corrected chi connectivity index (χ3v) is 2.95. The van der Waals surface area contributed by atoms with Crippen LogP contribution in [0, 0.1) is 0 Å². The van der Waals surface area contributed by atoms with Gasteiger partial charge in [0.15, 0.2) is 0 Å². The van der Waals surface area contributed by atoms with Gasteiger partial charge in [0.1, 0.15) is 0 Å². The number of hydrogen-bond donors (Lipinski definition) is 0. The highest BCUT2D eigenvalue weighted by Gasteiger charge is 2.23. The number of rotatable bonds is 5. The minimum Gasteiger partial charge on any atom is -0.309 e. The highest BCUT2D eigenvalue weighted by molar-refractivity contribution is 6.12. The van der Waals surface area contributed by atoms with E-state index in [1.807, 2.05) is 0 Å². The summed E-state index contributed by atoms with van der Waals surface area (Å²) >= 11 is 0. The van der Waals surface area contributed by atoms with E-state index >= 15 is 0 Å². The van der Waals surface area contributed by atoms with Crippen LogP contribution < -0.4 is 0 Å². The fraction of sp³-hybridized carbons (Fsp3) is 0.308. The van der Waals surface area contributed by atoms with Crippen molar-refractivity contribution in [2.24, 2.45) is 0 Å². The predicted molar refractivity (Wildman–Crippen MR) is 65.1 cm³/mol. The molecule has 0 aromatic carbocycles. The Labute approximate surface area is 105 Å². The molecule has 0 saturated carbocycles. The second-order valence-electron chi connectivity index (χ2n) is 4.18. The van der Waals surface area contributed by atoms with Crippen molar-refractivity contribution < 1.29 is 14.4 Å². The first-order valence-corrected chi connectivity index (χ1v) is 5.81. The van der Waals surface area contributed by atoms with Gasteiger partial charge in [-0.05, 0) is 18.9 Å². The van der Waals surface area contributed by atoms with Crippen LogP contribution in [-0.4, -0.2) is 40.6 Å². The molecule has 94 valence electrons. The van der Waals surface area contributed by atoms with Crippen molar-refractivity contribution in [2.75, 3.05) is 13.1 Å². The van der Waals surface area contributed by atoms with Gasteiger partial charge >= 0.3 is 0 Å². The maximum absolute atomic E-state index is 11.4. The van der Waals surface area contributed by atoms with E-state index in [0.717, 1.165) is 6.42 Å². The van der Waals surface area contributed by atoms with Gasteiger partial charge in [0.05, 0.1) is 0 Å². The van der Waals surface area contributed by atoms with Crippen LogP contribution in [0.4, 0.5) is 0 Å². The average molecular weight is 246 g/mol. The van der Waals surface area contributed by atoms with Crippen molar-refractivity contribution in [1.29, 1.82) is 0 Å². The van der Waals surface area contributed by atoms with Gasteiger partial charge in [-0.3, -0.25) is 19.3 Å². The molecule has 2 aliphatic rings. The van der Waals surface area contributed by atoms with Crippen LogP contribution >= 0.6 is 0 Å². The molecule has 0 radical (unpaired) electrons. The topological polar surface area (TPSA) is 57.7 Å². The van der Waals surface area contributed by atoms with Crippen LogP contribution in [0.25, 0.3) is 0 Å². The summed E-state index contributed by atoms with van der Waals surface area (Å²) < 4.78 is 0. The van der Waals surface area contributed by atoms with Crippen molar-refractivity contribution in [3.05, 3.63) is 36.6 Å². The Kier molecular flexibility index (Phi) is 3.41. The molecule has 2 rings (SSSR count). The van der Waals surface area contributed by atoms with Crippen molar-refractivity contribution >= 4 is 17.7 Å². The lowest BCUT2D eigenvalue weighted by Crippen LogP contribution is -2.31. The third-order valence-electron chi connectivity index (χ3n) is 2.95. The molecule has 0 aromatic heterocycles. The second-order valence-corrected chi connectivity index (χ2v) is 4.18. The summed E-state index contributed by atoms with van der Waals surface area (Å²) in [6.45, 7) is 4.72. The van der Waals surface area contributed by atoms with Crippen LogP contribution in [0.15, 0.2) is 36.6 Å². The lowest BCUT2D eigenvalue weighted by Gasteiger charge is -2.18. The van der Waals surface area contributed by atoms with Crippen molar-refractivity contribution in [2.45, 2.75) is 12.8 Å². The normalized spacial score (nSPS) is 18.7. The first-order chi connectivity index (χ1) is 8.59. The zero-order valence-electron chi connectivity index (χ0n) is 9.96. The Morgan fingerprint density at radius 2 is 1.22 bits per heavy atom. The van der Waals surface area contributed by atoms with E-state index in [1.165, 1.54) is 23.1 Å². The molecule has 0 aromatic rings. The molecule has 0 bridgehead atoms. The first-order valence-electron chi connectivity index (χ1n) is 5.81. The average Bonchev–Trinajstić information content (AvgIpc) is 2.82. The predicted octanol–water partition coefficient (Wildman–Crippen LogP) is 0.604. The molecule has 18 heavy (non-hydrogen) atoms. The van der Waals surface area contributed by atoms with Gasteiger partial charge in [-0.15, -0.1) is 0 Å². The number of nitrogens with zero attached hydrogens (tertiary/aromatic N) is 2. The number of hydrogen-bond acceptors (Lipinski definition) is 3. The third kappa shape index (κ3) is 2.40.